The molecule has 0 fully saturated rings. The molecule has 0 aliphatic rings. The van der Waals surface area contributed by atoms with Gasteiger partial charge in [-0.15, -0.1) is 10.2 Å². The normalized spacial score (nSPS) is 11.6. The number of aromatic nitrogens is 4. The van der Waals surface area contributed by atoms with Crippen LogP contribution < -0.4 is 10.5 Å². The van der Waals surface area contributed by atoms with E-state index in [1.54, 1.807) is 12.4 Å². The van der Waals surface area contributed by atoms with E-state index in [2.05, 4.69) is 15.2 Å². The van der Waals surface area contributed by atoms with Crippen molar-refractivity contribution in [2.45, 2.75) is 36.6 Å². The molecule has 0 saturated heterocycles. The van der Waals surface area contributed by atoms with Crippen LogP contribution in [-0.2, 0) is 7.05 Å². The Kier molecular flexibility index (Phi) is 3.66. The minimum Gasteiger partial charge on any atom is -0.470 e. The molecular weight excluding hydrogens is 262 g/mol. The molecule has 0 aliphatic carbocycles. The number of aryl methyl sites for hydroxylation is 1. The largest absolute Gasteiger partial charge is 0.470 e. The molecule has 0 radical (unpaired) electrons. The fraction of sp³-hybridized carbons (Fsp3) is 0.417. The highest BCUT2D eigenvalue weighted by Gasteiger charge is 2.16. The summed E-state index contributed by atoms with van der Waals surface area (Å²) < 4.78 is 7.56. The summed E-state index contributed by atoms with van der Waals surface area (Å²) >= 11 is 1.41. The van der Waals surface area contributed by atoms with Gasteiger partial charge in [-0.05, 0) is 44.7 Å². The molecule has 0 saturated carbocycles. The van der Waals surface area contributed by atoms with Gasteiger partial charge in [0.1, 0.15) is 17.0 Å². The number of nitrogens with zero attached hydrogens (tertiary/aromatic N) is 4. The van der Waals surface area contributed by atoms with Gasteiger partial charge in [0.25, 0.3) is 0 Å². The van der Waals surface area contributed by atoms with Gasteiger partial charge in [0, 0.05) is 7.05 Å². The molecule has 2 rings (SSSR count). The van der Waals surface area contributed by atoms with Gasteiger partial charge in [-0.3, -0.25) is 0 Å². The van der Waals surface area contributed by atoms with Crippen LogP contribution in [0.2, 0.25) is 0 Å². The molecule has 6 nitrogen and oxygen atoms in total. The predicted molar refractivity (Wildman–Crippen MR) is 74.2 cm³/mol. The molecule has 0 aromatic carbocycles. The van der Waals surface area contributed by atoms with Gasteiger partial charge in [0.2, 0.25) is 5.88 Å². The average molecular weight is 279 g/mol. The lowest BCUT2D eigenvalue weighted by Gasteiger charge is -2.21. The quantitative estimate of drug-likeness (QED) is 0.927. The van der Waals surface area contributed by atoms with Crippen LogP contribution in [0.15, 0.2) is 28.6 Å². The van der Waals surface area contributed by atoms with E-state index in [0.717, 1.165) is 10.2 Å². The summed E-state index contributed by atoms with van der Waals surface area (Å²) in [6.07, 6.45) is 1.65. The molecule has 0 unspecified atom stereocenters. The summed E-state index contributed by atoms with van der Waals surface area (Å²) in [6, 6.07) is 3.62. The van der Waals surface area contributed by atoms with Gasteiger partial charge in [-0.1, -0.05) is 0 Å². The van der Waals surface area contributed by atoms with Gasteiger partial charge in [-0.2, -0.15) is 0 Å². The molecule has 0 aliphatic heterocycles. The molecule has 0 spiro atoms. The third-order valence-electron chi connectivity index (χ3n) is 2.13. The second-order valence-corrected chi connectivity index (χ2v) is 6.07. The SMILES string of the molecule is Cn1cnnc1Sc1ccc(N)c(OC(C)(C)C)n1. The maximum atomic E-state index is 5.87. The zero-order chi connectivity index (χ0) is 14.0. The molecule has 0 atom stereocenters. The van der Waals surface area contributed by atoms with Crippen molar-refractivity contribution < 1.29 is 4.74 Å². The van der Waals surface area contributed by atoms with E-state index >= 15 is 0 Å². The Morgan fingerprint density at radius 3 is 2.63 bits per heavy atom. The first kappa shape index (κ1) is 13.7. The molecule has 2 heterocycles. The Balaban J connectivity index is 2.24. The van der Waals surface area contributed by atoms with Gasteiger partial charge >= 0.3 is 0 Å². The highest BCUT2D eigenvalue weighted by molar-refractivity contribution is 7.99. The Morgan fingerprint density at radius 1 is 1.32 bits per heavy atom. The van der Waals surface area contributed by atoms with Crippen LogP contribution >= 0.6 is 11.8 Å². The van der Waals surface area contributed by atoms with Crippen molar-refractivity contribution in [3.63, 3.8) is 0 Å². The Hall–Kier alpha value is -1.76. The topological polar surface area (TPSA) is 78.9 Å². The zero-order valence-corrected chi connectivity index (χ0v) is 12.2. The number of nitrogen functional groups attached to an aromatic ring is 1. The lowest BCUT2D eigenvalue weighted by atomic mass is 10.2. The van der Waals surface area contributed by atoms with Gasteiger partial charge < -0.3 is 15.0 Å². The molecule has 7 heteroatoms. The highest BCUT2D eigenvalue weighted by atomic mass is 32.2. The smallest absolute Gasteiger partial charge is 0.238 e. The fourth-order valence-corrected chi connectivity index (χ4v) is 2.05. The third kappa shape index (κ3) is 3.60. The molecule has 19 heavy (non-hydrogen) atoms. The minimum atomic E-state index is -0.338. The summed E-state index contributed by atoms with van der Waals surface area (Å²) in [6.45, 7) is 5.86. The second-order valence-electron chi connectivity index (χ2n) is 5.08. The van der Waals surface area contributed by atoms with Crippen molar-refractivity contribution in [1.29, 1.82) is 0 Å². The van der Waals surface area contributed by atoms with Crippen LogP contribution in [-0.4, -0.2) is 25.3 Å². The van der Waals surface area contributed by atoms with E-state index in [4.69, 9.17) is 10.5 Å². The van der Waals surface area contributed by atoms with E-state index < -0.39 is 0 Å². The van der Waals surface area contributed by atoms with Crippen molar-refractivity contribution >= 4 is 17.4 Å². The Morgan fingerprint density at radius 2 is 2.05 bits per heavy atom. The number of pyridine rings is 1. The predicted octanol–water partition coefficient (Wildman–Crippen LogP) is 2.12. The molecule has 0 bridgehead atoms. The summed E-state index contributed by atoms with van der Waals surface area (Å²) in [4.78, 5) is 4.41. The second kappa shape index (κ2) is 5.08. The van der Waals surface area contributed by atoms with E-state index in [-0.39, 0.29) is 5.60 Å². The molecule has 2 N–H and O–H groups in total. The number of anilines is 1. The van der Waals surface area contributed by atoms with Crippen LogP contribution in [0.5, 0.6) is 5.88 Å². The van der Waals surface area contributed by atoms with Gasteiger partial charge in [0.15, 0.2) is 5.16 Å². The van der Waals surface area contributed by atoms with Crippen molar-refractivity contribution in [3.8, 4) is 5.88 Å². The molecular formula is C12H17N5OS. The van der Waals surface area contributed by atoms with Gasteiger partial charge in [-0.25, -0.2) is 4.98 Å². The number of nitrogens with two attached hydrogens (primary N) is 1. The van der Waals surface area contributed by atoms with Crippen molar-refractivity contribution in [2.75, 3.05) is 5.73 Å². The van der Waals surface area contributed by atoms with E-state index in [1.165, 1.54) is 11.8 Å². The first-order valence-electron chi connectivity index (χ1n) is 5.82. The Bertz CT molecular complexity index is 576. The minimum absolute atomic E-state index is 0.338. The first-order chi connectivity index (χ1) is 8.85. The molecule has 2 aromatic heterocycles. The van der Waals surface area contributed by atoms with Crippen LogP contribution in [0, 0.1) is 0 Å². The Labute approximate surface area is 116 Å². The van der Waals surface area contributed by atoms with E-state index in [1.807, 2.05) is 38.5 Å². The number of rotatable bonds is 3. The maximum absolute atomic E-state index is 5.87. The number of ether oxygens (including phenoxy) is 1. The van der Waals surface area contributed by atoms with E-state index in [0.29, 0.717) is 11.6 Å². The van der Waals surface area contributed by atoms with E-state index in [9.17, 15) is 0 Å². The number of hydrogen-bond acceptors (Lipinski definition) is 6. The van der Waals surface area contributed by atoms with Crippen LogP contribution in [0.25, 0.3) is 0 Å². The number of hydrogen-bond donors (Lipinski definition) is 1. The lowest BCUT2D eigenvalue weighted by molar-refractivity contribution is 0.124. The van der Waals surface area contributed by atoms with Gasteiger partial charge in [0.05, 0.1) is 5.69 Å². The summed E-state index contributed by atoms with van der Waals surface area (Å²) in [7, 11) is 1.88. The van der Waals surface area contributed by atoms with Crippen LogP contribution in [0.4, 0.5) is 5.69 Å². The highest BCUT2D eigenvalue weighted by Crippen LogP contribution is 2.29. The van der Waals surface area contributed by atoms with Crippen molar-refractivity contribution in [1.82, 2.24) is 19.7 Å². The molecule has 0 amide bonds. The molecule has 102 valence electrons. The first-order valence-corrected chi connectivity index (χ1v) is 6.64. The average Bonchev–Trinajstić information content (AvgIpc) is 2.67. The molecule has 2 aromatic rings. The zero-order valence-electron chi connectivity index (χ0n) is 11.4. The van der Waals surface area contributed by atoms with Crippen LogP contribution in [0.1, 0.15) is 20.8 Å². The van der Waals surface area contributed by atoms with Crippen molar-refractivity contribution in [3.05, 3.63) is 18.5 Å². The summed E-state index contributed by atoms with van der Waals surface area (Å²) in [5.41, 5.74) is 6.06. The fourth-order valence-electron chi connectivity index (χ4n) is 1.32. The van der Waals surface area contributed by atoms with Crippen molar-refractivity contribution in [2.24, 2.45) is 7.05 Å². The van der Waals surface area contributed by atoms with Crippen LogP contribution in [0.3, 0.4) is 0 Å². The lowest BCUT2D eigenvalue weighted by Crippen LogP contribution is -2.24. The monoisotopic (exact) mass is 279 g/mol. The maximum Gasteiger partial charge on any atom is 0.238 e. The standard InChI is InChI=1S/C12H17N5OS/c1-12(2,3)18-10-8(13)5-6-9(15-10)19-11-16-14-7-17(11)4/h5-7H,13H2,1-4H3. The summed E-state index contributed by atoms with van der Waals surface area (Å²) in [5, 5.41) is 9.36. The summed E-state index contributed by atoms with van der Waals surface area (Å²) in [5.74, 6) is 0.444. The third-order valence-corrected chi connectivity index (χ3v) is 3.12.